The van der Waals surface area contributed by atoms with Crippen molar-refractivity contribution in [2.24, 2.45) is 5.92 Å². The van der Waals surface area contributed by atoms with Gasteiger partial charge in [0, 0.05) is 6.42 Å². The van der Waals surface area contributed by atoms with Crippen LogP contribution < -0.4 is 0 Å². The highest BCUT2D eigenvalue weighted by Gasteiger charge is 2.41. The molecule has 0 bridgehead atoms. The molecule has 1 fully saturated rings. The van der Waals surface area contributed by atoms with E-state index in [9.17, 15) is 14.7 Å². The fraction of sp³-hybridized carbons (Fsp3) is 0.800. The van der Waals surface area contributed by atoms with Gasteiger partial charge in [0.15, 0.2) is 5.78 Å². The van der Waals surface area contributed by atoms with Gasteiger partial charge in [-0.2, -0.15) is 0 Å². The smallest absolute Gasteiger partial charge is 0.161 e. The van der Waals surface area contributed by atoms with Gasteiger partial charge in [-0.25, -0.2) is 0 Å². The SMILES string of the molecule is CC(=O)C(C)(O)C1CCCCC1=O. The Labute approximate surface area is 78.1 Å². The molecule has 3 nitrogen and oxygen atoms in total. The predicted molar refractivity (Wildman–Crippen MR) is 48.3 cm³/mol. The normalized spacial score (nSPS) is 28.2. The molecule has 0 saturated heterocycles. The average molecular weight is 184 g/mol. The monoisotopic (exact) mass is 184 g/mol. The molecule has 1 aliphatic rings. The van der Waals surface area contributed by atoms with E-state index in [-0.39, 0.29) is 11.6 Å². The Hall–Kier alpha value is -0.700. The minimum atomic E-state index is -1.45. The van der Waals surface area contributed by atoms with Crippen LogP contribution in [0.4, 0.5) is 0 Å². The molecule has 0 aliphatic heterocycles. The van der Waals surface area contributed by atoms with E-state index in [1.54, 1.807) is 0 Å². The van der Waals surface area contributed by atoms with Crippen molar-refractivity contribution in [3.05, 3.63) is 0 Å². The maximum Gasteiger partial charge on any atom is 0.161 e. The Bertz CT molecular complexity index is 230. The Balaban J connectivity index is 2.79. The Morgan fingerprint density at radius 2 is 2.15 bits per heavy atom. The van der Waals surface area contributed by atoms with Crippen molar-refractivity contribution < 1.29 is 14.7 Å². The van der Waals surface area contributed by atoms with E-state index in [1.165, 1.54) is 13.8 Å². The van der Waals surface area contributed by atoms with Crippen molar-refractivity contribution in [3.63, 3.8) is 0 Å². The molecule has 2 atom stereocenters. The van der Waals surface area contributed by atoms with Gasteiger partial charge in [0.1, 0.15) is 11.4 Å². The Morgan fingerprint density at radius 3 is 2.62 bits per heavy atom. The van der Waals surface area contributed by atoms with Gasteiger partial charge in [-0.1, -0.05) is 6.42 Å². The zero-order valence-electron chi connectivity index (χ0n) is 8.17. The van der Waals surface area contributed by atoms with Gasteiger partial charge in [-0.15, -0.1) is 0 Å². The lowest BCUT2D eigenvalue weighted by Gasteiger charge is -2.32. The highest BCUT2D eigenvalue weighted by molar-refractivity contribution is 5.93. The van der Waals surface area contributed by atoms with E-state index >= 15 is 0 Å². The number of hydrogen-bond acceptors (Lipinski definition) is 3. The zero-order valence-corrected chi connectivity index (χ0v) is 8.17. The number of carbonyl (C=O) groups is 2. The molecular weight excluding hydrogens is 168 g/mol. The molecule has 0 spiro atoms. The zero-order chi connectivity index (χ0) is 10.1. The van der Waals surface area contributed by atoms with Crippen molar-refractivity contribution in [1.82, 2.24) is 0 Å². The minimum Gasteiger partial charge on any atom is -0.382 e. The summed E-state index contributed by atoms with van der Waals surface area (Å²) in [6, 6.07) is 0. The number of Topliss-reactive ketones (excluding diaryl/α,β-unsaturated/α-hetero) is 2. The number of aliphatic hydroxyl groups is 1. The third kappa shape index (κ3) is 1.97. The first kappa shape index (κ1) is 10.4. The first-order valence-corrected chi connectivity index (χ1v) is 4.72. The molecule has 3 heteroatoms. The van der Waals surface area contributed by atoms with Crippen LogP contribution in [0, 0.1) is 5.92 Å². The second-order valence-corrected chi connectivity index (χ2v) is 3.97. The third-order valence-electron chi connectivity index (χ3n) is 2.95. The molecule has 0 aromatic heterocycles. The number of rotatable bonds is 2. The van der Waals surface area contributed by atoms with Crippen molar-refractivity contribution in [1.29, 1.82) is 0 Å². The largest absolute Gasteiger partial charge is 0.382 e. The van der Waals surface area contributed by atoms with E-state index in [2.05, 4.69) is 0 Å². The minimum absolute atomic E-state index is 0.0338. The quantitative estimate of drug-likeness (QED) is 0.698. The third-order valence-corrected chi connectivity index (χ3v) is 2.95. The molecule has 1 rings (SSSR count). The number of carbonyl (C=O) groups excluding carboxylic acids is 2. The summed E-state index contributed by atoms with van der Waals surface area (Å²) in [6.07, 6.45) is 2.97. The second-order valence-electron chi connectivity index (χ2n) is 3.97. The fourth-order valence-electron chi connectivity index (χ4n) is 1.82. The topological polar surface area (TPSA) is 54.4 Å². The molecule has 0 aromatic carbocycles. The van der Waals surface area contributed by atoms with Crippen molar-refractivity contribution in [2.75, 3.05) is 0 Å². The van der Waals surface area contributed by atoms with Crippen LogP contribution in [0.25, 0.3) is 0 Å². The summed E-state index contributed by atoms with van der Waals surface area (Å²) in [7, 11) is 0. The summed E-state index contributed by atoms with van der Waals surface area (Å²) in [5.74, 6) is -0.752. The van der Waals surface area contributed by atoms with Crippen LogP contribution in [0.2, 0.25) is 0 Å². The molecule has 0 heterocycles. The predicted octanol–water partition coefficient (Wildman–Crippen LogP) is 1.09. The average Bonchev–Trinajstić information content (AvgIpc) is 2.04. The lowest BCUT2D eigenvalue weighted by Crippen LogP contribution is -2.46. The summed E-state index contributed by atoms with van der Waals surface area (Å²) in [4.78, 5) is 22.5. The summed E-state index contributed by atoms with van der Waals surface area (Å²) in [5, 5.41) is 9.82. The Morgan fingerprint density at radius 1 is 1.54 bits per heavy atom. The molecule has 13 heavy (non-hydrogen) atoms. The van der Waals surface area contributed by atoms with Gasteiger partial charge in [0.2, 0.25) is 0 Å². The van der Waals surface area contributed by atoms with Crippen molar-refractivity contribution >= 4 is 11.6 Å². The molecule has 74 valence electrons. The molecule has 0 aromatic rings. The summed E-state index contributed by atoms with van der Waals surface area (Å²) in [5.41, 5.74) is -1.45. The maximum absolute atomic E-state index is 11.4. The first-order chi connectivity index (χ1) is 5.96. The molecule has 2 unspecified atom stereocenters. The Kier molecular flexibility index (Phi) is 2.86. The van der Waals surface area contributed by atoms with Gasteiger partial charge in [0.25, 0.3) is 0 Å². The van der Waals surface area contributed by atoms with E-state index in [4.69, 9.17) is 0 Å². The fourth-order valence-corrected chi connectivity index (χ4v) is 1.82. The van der Waals surface area contributed by atoms with Gasteiger partial charge < -0.3 is 5.11 Å². The van der Waals surface area contributed by atoms with Crippen LogP contribution in [0.15, 0.2) is 0 Å². The van der Waals surface area contributed by atoms with E-state index in [1.807, 2.05) is 0 Å². The van der Waals surface area contributed by atoms with Crippen LogP contribution >= 0.6 is 0 Å². The highest BCUT2D eigenvalue weighted by Crippen LogP contribution is 2.30. The summed E-state index contributed by atoms with van der Waals surface area (Å²) >= 11 is 0. The van der Waals surface area contributed by atoms with Crippen LogP contribution in [0.5, 0.6) is 0 Å². The molecule has 1 saturated carbocycles. The molecule has 0 radical (unpaired) electrons. The molecule has 0 amide bonds. The summed E-state index contributed by atoms with van der Waals surface area (Å²) < 4.78 is 0. The molecular formula is C10H16O3. The number of hydrogen-bond donors (Lipinski definition) is 1. The van der Waals surface area contributed by atoms with Gasteiger partial charge in [-0.3, -0.25) is 9.59 Å². The van der Waals surface area contributed by atoms with Crippen molar-refractivity contribution in [3.8, 4) is 0 Å². The van der Waals surface area contributed by atoms with E-state index < -0.39 is 11.5 Å². The molecule has 1 aliphatic carbocycles. The van der Waals surface area contributed by atoms with Gasteiger partial charge in [0.05, 0.1) is 5.92 Å². The van der Waals surface area contributed by atoms with Crippen LogP contribution in [-0.2, 0) is 9.59 Å². The van der Waals surface area contributed by atoms with Crippen LogP contribution in [0.1, 0.15) is 39.5 Å². The van der Waals surface area contributed by atoms with Gasteiger partial charge >= 0.3 is 0 Å². The maximum atomic E-state index is 11.4. The standard InChI is InChI=1S/C10H16O3/c1-7(11)10(2,13)8-5-3-4-6-9(8)12/h8,13H,3-6H2,1-2H3. The summed E-state index contributed by atoms with van der Waals surface area (Å²) in [6.45, 7) is 2.78. The first-order valence-electron chi connectivity index (χ1n) is 4.72. The second kappa shape index (κ2) is 3.58. The van der Waals surface area contributed by atoms with E-state index in [0.717, 1.165) is 12.8 Å². The number of ketones is 2. The van der Waals surface area contributed by atoms with Crippen LogP contribution in [0.3, 0.4) is 0 Å². The van der Waals surface area contributed by atoms with E-state index in [0.29, 0.717) is 12.8 Å². The lowest BCUT2D eigenvalue weighted by atomic mass is 9.75. The lowest BCUT2D eigenvalue weighted by molar-refractivity contribution is -0.148. The molecule has 1 N–H and O–H groups in total. The van der Waals surface area contributed by atoms with Gasteiger partial charge in [-0.05, 0) is 26.7 Å². The van der Waals surface area contributed by atoms with Crippen molar-refractivity contribution in [2.45, 2.75) is 45.1 Å². The van der Waals surface area contributed by atoms with Crippen LogP contribution in [-0.4, -0.2) is 22.3 Å². The highest BCUT2D eigenvalue weighted by atomic mass is 16.3.